The molecule has 0 aromatic heterocycles. The fraction of sp³-hybridized carbons (Fsp3) is 0.455. The molecule has 1 aromatic carbocycles. The third-order valence-corrected chi connectivity index (χ3v) is 3.18. The van der Waals surface area contributed by atoms with Gasteiger partial charge in [0.05, 0.1) is 18.2 Å². The summed E-state index contributed by atoms with van der Waals surface area (Å²) in [4.78, 5) is 0. The minimum Gasteiger partial charge on any atom is -0.495 e. The predicted molar refractivity (Wildman–Crippen MR) is 66.2 cm³/mol. The number of rotatable bonds is 3. The number of aliphatic hydroxyl groups excluding tert-OH is 1. The van der Waals surface area contributed by atoms with Crippen LogP contribution in [-0.2, 0) is 0 Å². The summed E-state index contributed by atoms with van der Waals surface area (Å²) in [6, 6.07) is 3.31. The Balaban J connectivity index is 3.22. The van der Waals surface area contributed by atoms with Crippen LogP contribution >= 0.6 is 23.2 Å². The van der Waals surface area contributed by atoms with E-state index in [1.54, 1.807) is 26.0 Å². The molecular formula is C11H15Cl2NO2. The topological polar surface area (TPSA) is 55.5 Å². The molecule has 16 heavy (non-hydrogen) atoms. The zero-order valence-electron chi connectivity index (χ0n) is 9.42. The number of benzene rings is 1. The van der Waals surface area contributed by atoms with Crippen molar-refractivity contribution in [2.45, 2.75) is 25.5 Å². The van der Waals surface area contributed by atoms with Crippen molar-refractivity contribution in [1.29, 1.82) is 0 Å². The fourth-order valence-electron chi connectivity index (χ4n) is 1.32. The number of methoxy groups -OCH3 is 1. The monoisotopic (exact) mass is 263 g/mol. The number of nitrogens with two attached hydrogens (primary N) is 1. The molecule has 0 bridgehead atoms. The molecule has 3 nitrogen and oxygen atoms in total. The lowest BCUT2D eigenvalue weighted by Crippen LogP contribution is -2.39. The summed E-state index contributed by atoms with van der Waals surface area (Å²) in [5.41, 5.74) is 5.53. The summed E-state index contributed by atoms with van der Waals surface area (Å²) < 4.78 is 5.02. The lowest BCUT2D eigenvalue weighted by atomic mass is 9.92. The molecule has 0 aliphatic carbocycles. The van der Waals surface area contributed by atoms with Crippen LogP contribution in [0.1, 0.15) is 25.5 Å². The maximum absolute atomic E-state index is 10.0. The molecule has 0 fully saturated rings. The van der Waals surface area contributed by atoms with E-state index < -0.39 is 11.6 Å². The van der Waals surface area contributed by atoms with Crippen molar-refractivity contribution < 1.29 is 9.84 Å². The molecule has 1 unspecified atom stereocenters. The van der Waals surface area contributed by atoms with Crippen molar-refractivity contribution in [1.82, 2.24) is 0 Å². The van der Waals surface area contributed by atoms with E-state index in [0.29, 0.717) is 11.3 Å². The van der Waals surface area contributed by atoms with Gasteiger partial charge in [0.2, 0.25) is 0 Å². The molecule has 0 saturated carbocycles. The van der Waals surface area contributed by atoms with Gasteiger partial charge in [-0.3, -0.25) is 0 Å². The standard InChI is InChI=1S/C11H15Cl2NO2/c1-11(2,14)10(15)6-4-5-7(16-3)9(13)8(6)12/h4-5,10,15H,14H2,1-3H3. The maximum Gasteiger partial charge on any atom is 0.139 e. The summed E-state index contributed by atoms with van der Waals surface area (Å²) >= 11 is 12.0. The van der Waals surface area contributed by atoms with Gasteiger partial charge in [-0.2, -0.15) is 0 Å². The van der Waals surface area contributed by atoms with Crippen molar-refractivity contribution in [3.05, 3.63) is 27.7 Å². The Bertz CT molecular complexity index is 388. The number of aliphatic hydroxyl groups is 1. The lowest BCUT2D eigenvalue weighted by Gasteiger charge is -2.27. The third kappa shape index (κ3) is 2.61. The highest BCUT2D eigenvalue weighted by Gasteiger charge is 2.27. The molecule has 0 saturated heterocycles. The molecule has 0 aliphatic heterocycles. The van der Waals surface area contributed by atoms with Gasteiger partial charge in [-0.1, -0.05) is 29.3 Å². The van der Waals surface area contributed by atoms with Gasteiger partial charge >= 0.3 is 0 Å². The summed E-state index contributed by atoms with van der Waals surface area (Å²) in [5.74, 6) is 0.470. The molecule has 0 heterocycles. The minimum atomic E-state index is -0.886. The number of ether oxygens (including phenoxy) is 1. The Labute approximate surface area is 105 Å². The van der Waals surface area contributed by atoms with Crippen LogP contribution in [0.25, 0.3) is 0 Å². The van der Waals surface area contributed by atoms with Crippen molar-refractivity contribution >= 4 is 23.2 Å². The van der Waals surface area contributed by atoms with Crippen LogP contribution in [0, 0.1) is 0 Å². The van der Waals surface area contributed by atoms with E-state index in [9.17, 15) is 5.11 Å². The Morgan fingerprint density at radius 1 is 1.31 bits per heavy atom. The molecule has 0 aliphatic rings. The average Bonchev–Trinajstić information content (AvgIpc) is 2.20. The molecule has 0 radical (unpaired) electrons. The van der Waals surface area contributed by atoms with E-state index >= 15 is 0 Å². The van der Waals surface area contributed by atoms with Crippen molar-refractivity contribution in [2.24, 2.45) is 5.73 Å². The van der Waals surface area contributed by atoms with E-state index in [-0.39, 0.29) is 10.0 Å². The van der Waals surface area contributed by atoms with Crippen molar-refractivity contribution in [3.8, 4) is 5.75 Å². The van der Waals surface area contributed by atoms with Gasteiger partial charge in [0.1, 0.15) is 10.8 Å². The molecule has 0 amide bonds. The van der Waals surface area contributed by atoms with Gasteiger partial charge in [0.25, 0.3) is 0 Å². The fourth-order valence-corrected chi connectivity index (χ4v) is 1.83. The van der Waals surface area contributed by atoms with Crippen LogP contribution in [0.5, 0.6) is 5.75 Å². The first kappa shape index (κ1) is 13.6. The van der Waals surface area contributed by atoms with E-state index in [0.717, 1.165) is 0 Å². The lowest BCUT2D eigenvalue weighted by molar-refractivity contribution is 0.105. The Hall–Kier alpha value is -0.480. The van der Waals surface area contributed by atoms with E-state index in [2.05, 4.69) is 0 Å². The van der Waals surface area contributed by atoms with Gasteiger partial charge in [-0.25, -0.2) is 0 Å². The first-order valence-electron chi connectivity index (χ1n) is 4.78. The molecule has 90 valence electrons. The van der Waals surface area contributed by atoms with Crippen LogP contribution < -0.4 is 10.5 Å². The molecule has 1 aromatic rings. The van der Waals surface area contributed by atoms with E-state index in [1.165, 1.54) is 7.11 Å². The van der Waals surface area contributed by atoms with Crippen molar-refractivity contribution in [3.63, 3.8) is 0 Å². The quantitative estimate of drug-likeness (QED) is 0.882. The zero-order chi connectivity index (χ0) is 12.5. The highest BCUT2D eigenvalue weighted by molar-refractivity contribution is 6.43. The van der Waals surface area contributed by atoms with Gasteiger partial charge in [-0.05, 0) is 19.9 Å². The minimum absolute atomic E-state index is 0.270. The number of hydrogen-bond donors (Lipinski definition) is 2. The normalized spacial score (nSPS) is 13.7. The predicted octanol–water partition coefficient (Wildman–Crippen LogP) is 2.77. The molecular weight excluding hydrogens is 249 g/mol. The smallest absolute Gasteiger partial charge is 0.139 e. The van der Waals surface area contributed by atoms with Crippen molar-refractivity contribution in [2.75, 3.05) is 7.11 Å². The molecule has 0 spiro atoms. The summed E-state index contributed by atoms with van der Waals surface area (Å²) in [5, 5.41) is 10.6. The molecule has 1 atom stereocenters. The second-order valence-electron chi connectivity index (χ2n) is 4.21. The second kappa shape index (κ2) is 4.80. The SMILES string of the molecule is COc1ccc(C(O)C(C)(C)N)c(Cl)c1Cl. The van der Waals surface area contributed by atoms with Crippen LogP contribution in [-0.4, -0.2) is 17.8 Å². The van der Waals surface area contributed by atoms with Crippen LogP contribution in [0.3, 0.4) is 0 Å². The average molecular weight is 264 g/mol. The Kier molecular flexibility index (Phi) is 4.07. The summed E-state index contributed by atoms with van der Waals surface area (Å²) in [7, 11) is 1.50. The summed E-state index contributed by atoms with van der Waals surface area (Å²) in [6.45, 7) is 3.43. The highest BCUT2D eigenvalue weighted by atomic mass is 35.5. The largest absolute Gasteiger partial charge is 0.495 e. The molecule has 3 N–H and O–H groups in total. The van der Waals surface area contributed by atoms with Crippen LogP contribution in [0.15, 0.2) is 12.1 Å². The third-order valence-electron chi connectivity index (χ3n) is 2.30. The van der Waals surface area contributed by atoms with E-state index in [4.69, 9.17) is 33.7 Å². The van der Waals surface area contributed by atoms with Gasteiger partial charge in [0.15, 0.2) is 0 Å². The van der Waals surface area contributed by atoms with E-state index in [1.807, 2.05) is 0 Å². The Morgan fingerprint density at radius 2 is 1.88 bits per heavy atom. The number of halogens is 2. The first-order chi connectivity index (χ1) is 7.29. The Morgan fingerprint density at radius 3 is 2.31 bits per heavy atom. The van der Waals surface area contributed by atoms with Crippen LogP contribution in [0.4, 0.5) is 0 Å². The molecule has 5 heteroatoms. The summed E-state index contributed by atoms with van der Waals surface area (Å²) in [6.07, 6.45) is -0.886. The van der Waals surface area contributed by atoms with Gasteiger partial charge in [0, 0.05) is 11.1 Å². The number of hydrogen-bond acceptors (Lipinski definition) is 3. The first-order valence-corrected chi connectivity index (χ1v) is 5.53. The molecule has 1 rings (SSSR count). The zero-order valence-corrected chi connectivity index (χ0v) is 10.9. The highest BCUT2D eigenvalue weighted by Crippen LogP contribution is 2.39. The van der Waals surface area contributed by atoms with Gasteiger partial charge < -0.3 is 15.6 Å². The maximum atomic E-state index is 10.0. The van der Waals surface area contributed by atoms with Crippen LogP contribution in [0.2, 0.25) is 10.0 Å². The van der Waals surface area contributed by atoms with Gasteiger partial charge in [-0.15, -0.1) is 0 Å². The second-order valence-corrected chi connectivity index (χ2v) is 4.96.